The lowest BCUT2D eigenvalue weighted by atomic mass is 10.2. The third-order valence-corrected chi connectivity index (χ3v) is 3.38. The molecule has 0 aromatic heterocycles. The second-order valence-corrected chi connectivity index (χ2v) is 5.43. The van der Waals surface area contributed by atoms with Gasteiger partial charge in [-0.1, -0.05) is 11.6 Å². The normalized spacial score (nSPS) is 14.1. The molecule has 1 aromatic carbocycles. The third kappa shape index (κ3) is 4.89. The molecule has 0 aliphatic heterocycles. The van der Waals surface area contributed by atoms with E-state index in [4.69, 9.17) is 25.8 Å². The molecular formula is C16H17ClO6. The van der Waals surface area contributed by atoms with Gasteiger partial charge in [-0.15, -0.1) is 0 Å². The van der Waals surface area contributed by atoms with Gasteiger partial charge in [-0.25, -0.2) is 9.59 Å². The summed E-state index contributed by atoms with van der Waals surface area (Å²) >= 11 is 5.93. The summed E-state index contributed by atoms with van der Waals surface area (Å²) in [7, 11) is 2.57. The van der Waals surface area contributed by atoms with Gasteiger partial charge in [-0.05, 0) is 37.0 Å². The molecule has 0 bridgehead atoms. The third-order valence-electron chi connectivity index (χ3n) is 3.14. The summed E-state index contributed by atoms with van der Waals surface area (Å²) in [6.45, 7) is 0.364. The Balaban J connectivity index is 2.20. The van der Waals surface area contributed by atoms with E-state index in [1.807, 2.05) is 0 Å². The lowest BCUT2D eigenvalue weighted by Gasteiger charge is -2.12. The minimum Gasteiger partial charge on any atom is -0.500 e. The van der Waals surface area contributed by atoms with Crippen LogP contribution in [0.3, 0.4) is 0 Å². The summed E-state index contributed by atoms with van der Waals surface area (Å²) in [6, 6.07) is 4.44. The van der Waals surface area contributed by atoms with Crippen molar-refractivity contribution in [2.45, 2.75) is 12.8 Å². The molecule has 23 heavy (non-hydrogen) atoms. The Hall–Kier alpha value is -2.21. The minimum absolute atomic E-state index is 0.129. The number of halogens is 1. The second kappa shape index (κ2) is 7.87. The van der Waals surface area contributed by atoms with Crippen molar-refractivity contribution in [3.63, 3.8) is 0 Å². The van der Waals surface area contributed by atoms with Gasteiger partial charge in [0.15, 0.2) is 0 Å². The number of esters is 2. The highest BCUT2D eigenvalue weighted by Crippen LogP contribution is 2.30. The molecule has 2 rings (SSSR count). The van der Waals surface area contributed by atoms with E-state index in [0.717, 1.165) is 19.1 Å². The molecule has 1 saturated carbocycles. The van der Waals surface area contributed by atoms with Crippen LogP contribution in [0, 0.1) is 5.92 Å². The maximum absolute atomic E-state index is 12.2. The fraction of sp³-hybridized carbons (Fsp3) is 0.375. The maximum Gasteiger partial charge on any atom is 0.377 e. The predicted octanol–water partition coefficient (Wildman–Crippen LogP) is 2.95. The molecule has 0 amide bonds. The Morgan fingerprint density at radius 2 is 2.04 bits per heavy atom. The van der Waals surface area contributed by atoms with Crippen molar-refractivity contribution >= 4 is 23.5 Å². The Morgan fingerprint density at radius 3 is 2.65 bits per heavy atom. The number of benzene rings is 1. The standard InChI is InChI=1S/C16H17ClO6/c1-20-9-14(16(19)21-2)23-13-6-5-11(17)7-12(13)15(18)22-8-10-3-4-10/h5-7,9-10H,3-4,8H2,1-2H3. The molecule has 1 fully saturated rings. The highest BCUT2D eigenvalue weighted by molar-refractivity contribution is 6.31. The number of hydrogen-bond acceptors (Lipinski definition) is 6. The molecule has 0 saturated heterocycles. The smallest absolute Gasteiger partial charge is 0.377 e. The molecule has 0 unspecified atom stereocenters. The van der Waals surface area contributed by atoms with E-state index >= 15 is 0 Å². The van der Waals surface area contributed by atoms with E-state index in [2.05, 4.69) is 4.74 Å². The zero-order valence-electron chi connectivity index (χ0n) is 12.8. The molecule has 1 aromatic rings. The summed E-state index contributed by atoms with van der Waals surface area (Å²) in [5.41, 5.74) is 0.129. The van der Waals surface area contributed by atoms with Crippen molar-refractivity contribution < 1.29 is 28.5 Å². The first-order valence-electron chi connectivity index (χ1n) is 7.01. The van der Waals surface area contributed by atoms with Gasteiger partial charge >= 0.3 is 11.9 Å². The van der Waals surface area contributed by atoms with E-state index in [1.54, 1.807) is 0 Å². The van der Waals surface area contributed by atoms with Gasteiger partial charge in [0.1, 0.15) is 17.6 Å². The SMILES string of the molecule is COC=C(Oc1ccc(Cl)cc1C(=O)OCC1CC1)C(=O)OC. The lowest BCUT2D eigenvalue weighted by Crippen LogP contribution is -2.14. The average molecular weight is 341 g/mol. The van der Waals surface area contributed by atoms with Crippen LogP contribution in [0.2, 0.25) is 5.02 Å². The van der Waals surface area contributed by atoms with Gasteiger partial charge in [0.2, 0.25) is 5.76 Å². The molecule has 1 aliphatic carbocycles. The lowest BCUT2D eigenvalue weighted by molar-refractivity contribution is -0.138. The molecule has 1 aliphatic rings. The van der Waals surface area contributed by atoms with Crippen LogP contribution in [-0.2, 0) is 19.0 Å². The topological polar surface area (TPSA) is 71.1 Å². The van der Waals surface area contributed by atoms with Gasteiger partial charge in [0, 0.05) is 5.02 Å². The minimum atomic E-state index is -0.737. The van der Waals surface area contributed by atoms with E-state index in [9.17, 15) is 9.59 Å². The van der Waals surface area contributed by atoms with Crippen LogP contribution in [0.1, 0.15) is 23.2 Å². The van der Waals surface area contributed by atoms with Crippen molar-refractivity contribution in [3.8, 4) is 5.75 Å². The number of rotatable bonds is 7. The van der Waals surface area contributed by atoms with Crippen LogP contribution in [0.25, 0.3) is 0 Å². The Morgan fingerprint density at radius 1 is 1.30 bits per heavy atom. The van der Waals surface area contributed by atoms with Gasteiger partial charge in [0.05, 0.1) is 20.8 Å². The second-order valence-electron chi connectivity index (χ2n) is 4.99. The van der Waals surface area contributed by atoms with Crippen LogP contribution >= 0.6 is 11.6 Å². The van der Waals surface area contributed by atoms with Crippen molar-refractivity contribution in [3.05, 3.63) is 40.8 Å². The first kappa shape index (κ1) is 17.1. The quantitative estimate of drug-likeness (QED) is 0.432. The molecular weight excluding hydrogens is 324 g/mol. The summed E-state index contributed by atoms with van der Waals surface area (Å²) in [5.74, 6) is -0.936. The van der Waals surface area contributed by atoms with Crippen LogP contribution in [0.4, 0.5) is 0 Å². The summed E-state index contributed by atoms with van der Waals surface area (Å²) in [6.07, 6.45) is 3.21. The van der Waals surface area contributed by atoms with Crippen molar-refractivity contribution in [2.24, 2.45) is 5.92 Å². The van der Waals surface area contributed by atoms with E-state index < -0.39 is 11.9 Å². The maximum atomic E-state index is 12.2. The molecule has 124 valence electrons. The van der Waals surface area contributed by atoms with Gasteiger partial charge in [0.25, 0.3) is 0 Å². The summed E-state index contributed by atoms with van der Waals surface area (Å²) in [4.78, 5) is 23.8. The summed E-state index contributed by atoms with van der Waals surface area (Å²) in [5, 5.41) is 0.353. The van der Waals surface area contributed by atoms with Crippen molar-refractivity contribution in [2.75, 3.05) is 20.8 Å². The highest BCUT2D eigenvalue weighted by Gasteiger charge is 2.25. The molecule has 6 nitrogen and oxygen atoms in total. The molecule has 7 heteroatoms. The van der Waals surface area contributed by atoms with Crippen LogP contribution in [0.15, 0.2) is 30.2 Å². The first-order chi connectivity index (χ1) is 11.0. The monoisotopic (exact) mass is 340 g/mol. The van der Waals surface area contributed by atoms with E-state index in [-0.39, 0.29) is 17.1 Å². The Bertz CT molecular complexity index is 621. The highest BCUT2D eigenvalue weighted by atomic mass is 35.5. The molecule has 0 atom stereocenters. The molecule has 0 radical (unpaired) electrons. The number of carbonyl (C=O) groups excluding carboxylic acids is 2. The fourth-order valence-corrected chi connectivity index (χ4v) is 1.92. The van der Waals surface area contributed by atoms with Crippen molar-refractivity contribution in [1.29, 1.82) is 0 Å². The first-order valence-corrected chi connectivity index (χ1v) is 7.38. The Labute approximate surface area is 138 Å². The summed E-state index contributed by atoms with van der Waals surface area (Å²) < 4.78 is 20.0. The van der Waals surface area contributed by atoms with E-state index in [1.165, 1.54) is 32.4 Å². The number of carbonyl (C=O) groups is 2. The molecule has 0 heterocycles. The predicted molar refractivity (Wildman–Crippen MR) is 82.2 cm³/mol. The van der Waals surface area contributed by atoms with Gasteiger partial charge in [-0.3, -0.25) is 0 Å². The largest absolute Gasteiger partial charge is 0.500 e. The van der Waals surface area contributed by atoms with Gasteiger partial charge < -0.3 is 18.9 Å². The number of ether oxygens (including phenoxy) is 4. The molecule has 0 N–H and O–H groups in total. The van der Waals surface area contributed by atoms with Crippen LogP contribution < -0.4 is 4.74 Å². The Kier molecular flexibility index (Phi) is 5.87. The number of hydrogen-bond donors (Lipinski definition) is 0. The number of methoxy groups -OCH3 is 2. The van der Waals surface area contributed by atoms with Gasteiger partial charge in [-0.2, -0.15) is 0 Å². The average Bonchev–Trinajstić information content (AvgIpc) is 3.37. The zero-order chi connectivity index (χ0) is 16.8. The van der Waals surface area contributed by atoms with Crippen LogP contribution in [0.5, 0.6) is 5.75 Å². The van der Waals surface area contributed by atoms with Crippen LogP contribution in [-0.4, -0.2) is 32.8 Å². The fourth-order valence-electron chi connectivity index (χ4n) is 1.75. The van der Waals surface area contributed by atoms with Crippen molar-refractivity contribution in [1.82, 2.24) is 0 Å². The molecule has 0 spiro atoms. The van der Waals surface area contributed by atoms with E-state index in [0.29, 0.717) is 17.5 Å². The zero-order valence-corrected chi connectivity index (χ0v) is 13.6.